The quantitative estimate of drug-likeness (QED) is 0.782. The molecule has 0 saturated carbocycles. The van der Waals surface area contributed by atoms with Gasteiger partial charge < -0.3 is 5.32 Å². The van der Waals surface area contributed by atoms with Crippen LogP contribution in [0.1, 0.15) is 5.69 Å². The molecule has 1 saturated heterocycles. The van der Waals surface area contributed by atoms with Crippen molar-refractivity contribution in [2.24, 2.45) is 0 Å². The van der Waals surface area contributed by atoms with E-state index in [-0.39, 0.29) is 11.5 Å². The van der Waals surface area contributed by atoms with E-state index in [1.807, 2.05) is 40.6 Å². The fourth-order valence-electron chi connectivity index (χ4n) is 2.91. The molecule has 6 nitrogen and oxygen atoms in total. The standard InChI is InChI=1S/C17H16N4O2S/c22-15-10-20(7-6-18-15)9-13-8-16(23)21-14(11-24-17(21)19-13)12-4-2-1-3-5-12/h1-5,8,11H,6-7,9-10H2,(H,18,22). The van der Waals surface area contributed by atoms with Gasteiger partial charge in [0.05, 0.1) is 17.9 Å². The number of aromatic nitrogens is 2. The lowest BCUT2D eigenvalue weighted by Gasteiger charge is -2.25. The molecule has 2 aromatic heterocycles. The number of nitrogens with one attached hydrogen (secondary N) is 1. The fraction of sp³-hybridized carbons (Fsp3) is 0.235. The smallest absolute Gasteiger partial charge is 0.259 e. The SMILES string of the molecule is O=C1CN(Cc2cc(=O)n3c(-c4ccccc4)csc3n2)CCN1. The Morgan fingerprint density at radius 2 is 2.04 bits per heavy atom. The van der Waals surface area contributed by atoms with E-state index >= 15 is 0 Å². The van der Waals surface area contributed by atoms with Gasteiger partial charge in [0, 0.05) is 31.1 Å². The zero-order valence-corrected chi connectivity index (χ0v) is 13.8. The minimum absolute atomic E-state index is 0.0153. The molecule has 1 amide bonds. The van der Waals surface area contributed by atoms with Crippen LogP contribution in [0.25, 0.3) is 16.2 Å². The summed E-state index contributed by atoms with van der Waals surface area (Å²) >= 11 is 1.45. The topological polar surface area (TPSA) is 66.7 Å². The van der Waals surface area contributed by atoms with Crippen LogP contribution >= 0.6 is 11.3 Å². The van der Waals surface area contributed by atoms with Crippen LogP contribution in [-0.2, 0) is 11.3 Å². The lowest BCUT2D eigenvalue weighted by Crippen LogP contribution is -2.47. The highest BCUT2D eigenvalue weighted by Crippen LogP contribution is 2.23. The van der Waals surface area contributed by atoms with Gasteiger partial charge in [-0.1, -0.05) is 30.3 Å². The van der Waals surface area contributed by atoms with Gasteiger partial charge in [0.2, 0.25) is 5.91 Å². The van der Waals surface area contributed by atoms with E-state index in [4.69, 9.17) is 0 Å². The van der Waals surface area contributed by atoms with Crippen molar-refractivity contribution in [3.8, 4) is 11.3 Å². The number of carbonyl (C=O) groups is 1. The van der Waals surface area contributed by atoms with Crippen molar-refractivity contribution in [3.05, 3.63) is 57.8 Å². The van der Waals surface area contributed by atoms with Crippen molar-refractivity contribution in [1.29, 1.82) is 0 Å². The number of carbonyl (C=O) groups excluding carboxylic acids is 1. The van der Waals surface area contributed by atoms with Crippen LogP contribution in [0.15, 0.2) is 46.6 Å². The van der Waals surface area contributed by atoms with Crippen molar-refractivity contribution in [2.75, 3.05) is 19.6 Å². The van der Waals surface area contributed by atoms with E-state index in [0.29, 0.717) is 30.3 Å². The first-order chi connectivity index (χ1) is 11.7. The number of rotatable bonds is 3. The van der Waals surface area contributed by atoms with Crippen molar-refractivity contribution < 1.29 is 4.79 Å². The molecule has 122 valence electrons. The molecule has 7 heteroatoms. The van der Waals surface area contributed by atoms with Gasteiger partial charge in [0.1, 0.15) is 0 Å². The van der Waals surface area contributed by atoms with Gasteiger partial charge in [0.15, 0.2) is 4.96 Å². The monoisotopic (exact) mass is 340 g/mol. The Kier molecular flexibility index (Phi) is 3.87. The highest BCUT2D eigenvalue weighted by Gasteiger charge is 2.18. The molecular formula is C17H16N4O2S. The fourth-order valence-corrected chi connectivity index (χ4v) is 3.83. The molecule has 24 heavy (non-hydrogen) atoms. The highest BCUT2D eigenvalue weighted by atomic mass is 32.1. The third-order valence-corrected chi connectivity index (χ3v) is 4.86. The number of hydrogen-bond donors (Lipinski definition) is 1. The first kappa shape index (κ1) is 15.0. The molecule has 1 aromatic carbocycles. The van der Waals surface area contributed by atoms with Crippen molar-refractivity contribution >= 4 is 22.2 Å². The van der Waals surface area contributed by atoms with Crippen molar-refractivity contribution in [1.82, 2.24) is 19.6 Å². The van der Waals surface area contributed by atoms with E-state index in [1.165, 1.54) is 11.3 Å². The van der Waals surface area contributed by atoms with Gasteiger partial charge in [0.25, 0.3) is 5.56 Å². The summed E-state index contributed by atoms with van der Waals surface area (Å²) in [4.78, 5) is 31.3. The zero-order valence-electron chi connectivity index (χ0n) is 12.9. The Morgan fingerprint density at radius 1 is 1.21 bits per heavy atom. The van der Waals surface area contributed by atoms with Gasteiger partial charge in [-0.3, -0.25) is 18.9 Å². The first-order valence-electron chi connectivity index (χ1n) is 7.75. The minimum atomic E-state index is -0.0865. The van der Waals surface area contributed by atoms with Crippen LogP contribution in [0.3, 0.4) is 0 Å². The summed E-state index contributed by atoms with van der Waals surface area (Å²) in [5.41, 5.74) is 2.47. The number of piperazine rings is 1. The number of benzene rings is 1. The van der Waals surface area contributed by atoms with Crippen LogP contribution in [-0.4, -0.2) is 39.8 Å². The van der Waals surface area contributed by atoms with Crippen molar-refractivity contribution in [3.63, 3.8) is 0 Å². The Labute approximate surface area is 142 Å². The van der Waals surface area contributed by atoms with E-state index in [9.17, 15) is 9.59 Å². The van der Waals surface area contributed by atoms with E-state index < -0.39 is 0 Å². The lowest BCUT2D eigenvalue weighted by atomic mass is 10.2. The lowest BCUT2D eigenvalue weighted by molar-refractivity contribution is -0.124. The Balaban J connectivity index is 1.69. The van der Waals surface area contributed by atoms with E-state index in [1.54, 1.807) is 10.5 Å². The normalized spacial score (nSPS) is 15.6. The summed E-state index contributed by atoms with van der Waals surface area (Å²) in [7, 11) is 0. The largest absolute Gasteiger partial charge is 0.354 e. The van der Waals surface area contributed by atoms with Gasteiger partial charge >= 0.3 is 0 Å². The van der Waals surface area contributed by atoms with Crippen LogP contribution in [0.4, 0.5) is 0 Å². The van der Waals surface area contributed by atoms with Crippen LogP contribution < -0.4 is 10.9 Å². The number of nitrogens with zero attached hydrogens (tertiary/aromatic N) is 3. The van der Waals surface area contributed by atoms with Gasteiger partial charge in [-0.25, -0.2) is 4.98 Å². The second-order valence-electron chi connectivity index (χ2n) is 5.75. The molecule has 4 rings (SSSR count). The molecule has 0 aliphatic carbocycles. The molecule has 3 aromatic rings. The van der Waals surface area contributed by atoms with Gasteiger partial charge in [-0.2, -0.15) is 0 Å². The summed E-state index contributed by atoms with van der Waals surface area (Å²) in [5.74, 6) is 0.0153. The average molecular weight is 340 g/mol. The molecular weight excluding hydrogens is 324 g/mol. The molecule has 1 N–H and O–H groups in total. The van der Waals surface area contributed by atoms with Crippen molar-refractivity contribution in [2.45, 2.75) is 6.54 Å². The summed E-state index contributed by atoms with van der Waals surface area (Å²) in [6.45, 7) is 2.27. The van der Waals surface area contributed by atoms with Crippen LogP contribution in [0, 0.1) is 0 Å². The summed E-state index contributed by atoms with van der Waals surface area (Å²) in [5, 5.41) is 4.75. The summed E-state index contributed by atoms with van der Waals surface area (Å²) < 4.78 is 1.65. The molecule has 0 atom stereocenters. The number of fused-ring (bicyclic) bond motifs is 1. The minimum Gasteiger partial charge on any atom is -0.354 e. The molecule has 0 spiro atoms. The van der Waals surface area contributed by atoms with E-state index in [2.05, 4.69) is 10.3 Å². The Hall–Kier alpha value is -2.51. The maximum absolute atomic E-state index is 12.6. The zero-order chi connectivity index (χ0) is 16.5. The second kappa shape index (κ2) is 6.18. The van der Waals surface area contributed by atoms with Gasteiger partial charge in [-0.05, 0) is 5.56 Å². The van der Waals surface area contributed by atoms with Crippen LogP contribution in [0.2, 0.25) is 0 Å². The van der Waals surface area contributed by atoms with E-state index in [0.717, 1.165) is 17.8 Å². The van der Waals surface area contributed by atoms with Crippen LogP contribution in [0.5, 0.6) is 0 Å². The molecule has 1 aliphatic heterocycles. The van der Waals surface area contributed by atoms with Gasteiger partial charge in [-0.15, -0.1) is 11.3 Å². The summed E-state index contributed by atoms with van der Waals surface area (Å²) in [6, 6.07) is 11.4. The maximum atomic E-state index is 12.6. The maximum Gasteiger partial charge on any atom is 0.259 e. The molecule has 0 unspecified atom stereocenters. The third-order valence-electron chi connectivity index (χ3n) is 4.03. The Bertz CT molecular complexity index is 948. The average Bonchev–Trinajstić information content (AvgIpc) is 3.00. The Morgan fingerprint density at radius 3 is 2.83 bits per heavy atom. The molecule has 0 radical (unpaired) electrons. The first-order valence-corrected chi connectivity index (χ1v) is 8.63. The molecule has 1 aliphatic rings. The molecule has 1 fully saturated rings. The third kappa shape index (κ3) is 2.83. The summed E-state index contributed by atoms with van der Waals surface area (Å²) in [6.07, 6.45) is 0. The predicted molar refractivity (Wildman–Crippen MR) is 93.1 cm³/mol. The number of thiazole rings is 1. The molecule has 3 heterocycles. The predicted octanol–water partition coefficient (Wildman–Crippen LogP) is 1.35. The second-order valence-corrected chi connectivity index (χ2v) is 6.59. The molecule has 0 bridgehead atoms. The number of amides is 1. The number of hydrogen-bond acceptors (Lipinski definition) is 5. The highest BCUT2D eigenvalue weighted by molar-refractivity contribution is 7.15.